The van der Waals surface area contributed by atoms with Crippen molar-refractivity contribution in [2.24, 2.45) is 5.41 Å². The van der Waals surface area contributed by atoms with Gasteiger partial charge in [0.1, 0.15) is 12.4 Å². The maximum Gasteiger partial charge on any atom is 0.274 e. The van der Waals surface area contributed by atoms with Crippen molar-refractivity contribution in [3.05, 3.63) is 65.2 Å². The topological polar surface area (TPSA) is 108 Å². The number of nitrogens with one attached hydrogen (secondary N) is 2. The van der Waals surface area contributed by atoms with Crippen LogP contribution in [0.15, 0.2) is 48.5 Å². The van der Waals surface area contributed by atoms with Crippen LogP contribution >= 0.6 is 0 Å². The number of amides is 2. The van der Waals surface area contributed by atoms with Crippen LogP contribution in [0.3, 0.4) is 0 Å². The molecule has 7 heteroatoms. The summed E-state index contributed by atoms with van der Waals surface area (Å²) >= 11 is 0. The number of ether oxygens (including phenoxy) is 1. The molecule has 0 saturated carbocycles. The SMILES string of the molecule is CC(C)(C)[C@@H](CO)NC(=O)c1ccccc1OCc1ccc(C(=O)NO)cc1. The fraction of sp³-hybridized carbons (Fsp3) is 0.333. The summed E-state index contributed by atoms with van der Waals surface area (Å²) in [6.45, 7) is 5.87. The molecule has 0 radical (unpaired) electrons. The second kappa shape index (κ2) is 9.34. The highest BCUT2D eigenvalue weighted by atomic mass is 16.5. The maximum absolute atomic E-state index is 12.7. The molecule has 2 aromatic rings. The van der Waals surface area contributed by atoms with Crippen molar-refractivity contribution in [3.63, 3.8) is 0 Å². The average Bonchev–Trinajstić information content (AvgIpc) is 2.69. The van der Waals surface area contributed by atoms with Crippen LogP contribution in [0.2, 0.25) is 0 Å². The van der Waals surface area contributed by atoms with Crippen LogP contribution in [0.25, 0.3) is 0 Å². The minimum atomic E-state index is -0.591. The van der Waals surface area contributed by atoms with Crippen molar-refractivity contribution in [1.29, 1.82) is 0 Å². The third kappa shape index (κ3) is 5.55. The first-order chi connectivity index (χ1) is 13.3. The van der Waals surface area contributed by atoms with Gasteiger partial charge in [-0.2, -0.15) is 0 Å². The van der Waals surface area contributed by atoms with Crippen molar-refractivity contribution in [3.8, 4) is 5.75 Å². The number of hydroxylamine groups is 1. The van der Waals surface area contributed by atoms with E-state index in [0.29, 0.717) is 16.9 Å². The van der Waals surface area contributed by atoms with Gasteiger partial charge in [0.15, 0.2) is 0 Å². The van der Waals surface area contributed by atoms with Crippen molar-refractivity contribution >= 4 is 11.8 Å². The molecule has 0 aliphatic heterocycles. The minimum Gasteiger partial charge on any atom is -0.488 e. The predicted molar refractivity (Wildman–Crippen MR) is 104 cm³/mol. The first-order valence-electron chi connectivity index (χ1n) is 8.93. The number of carbonyl (C=O) groups is 2. The van der Waals surface area contributed by atoms with Gasteiger partial charge in [-0.15, -0.1) is 0 Å². The summed E-state index contributed by atoms with van der Waals surface area (Å²) in [5.74, 6) is -0.492. The summed E-state index contributed by atoms with van der Waals surface area (Å²) in [4.78, 5) is 24.0. The highest BCUT2D eigenvalue weighted by Gasteiger charge is 2.26. The van der Waals surface area contributed by atoms with E-state index in [1.165, 1.54) is 0 Å². The van der Waals surface area contributed by atoms with Gasteiger partial charge < -0.3 is 15.2 Å². The van der Waals surface area contributed by atoms with Gasteiger partial charge in [-0.3, -0.25) is 14.8 Å². The fourth-order valence-corrected chi connectivity index (χ4v) is 2.53. The Morgan fingerprint density at radius 2 is 1.68 bits per heavy atom. The third-order valence-corrected chi connectivity index (χ3v) is 4.38. The molecule has 2 rings (SSSR count). The van der Waals surface area contributed by atoms with Gasteiger partial charge >= 0.3 is 0 Å². The predicted octanol–water partition coefficient (Wildman–Crippen LogP) is 2.52. The van der Waals surface area contributed by atoms with E-state index in [9.17, 15) is 14.7 Å². The van der Waals surface area contributed by atoms with Gasteiger partial charge in [0, 0.05) is 5.56 Å². The molecule has 0 aliphatic rings. The third-order valence-electron chi connectivity index (χ3n) is 4.38. The zero-order chi connectivity index (χ0) is 20.7. The van der Waals surface area contributed by atoms with Crippen LogP contribution in [0, 0.1) is 5.41 Å². The van der Waals surface area contributed by atoms with Crippen LogP contribution in [0.1, 0.15) is 47.1 Å². The summed E-state index contributed by atoms with van der Waals surface area (Å²) in [5, 5.41) is 21.1. The molecule has 0 spiro atoms. The molecular formula is C21H26N2O5. The molecule has 0 aromatic heterocycles. The Morgan fingerprint density at radius 3 is 2.25 bits per heavy atom. The summed E-state index contributed by atoms with van der Waals surface area (Å²) < 4.78 is 5.80. The molecule has 4 N–H and O–H groups in total. The smallest absolute Gasteiger partial charge is 0.274 e. The minimum absolute atomic E-state index is 0.161. The van der Waals surface area contributed by atoms with Crippen molar-refractivity contribution in [1.82, 2.24) is 10.8 Å². The van der Waals surface area contributed by atoms with E-state index in [1.54, 1.807) is 54.0 Å². The van der Waals surface area contributed by atoms with Gasteiger partial charge in [-0.25, -0.2) is 5.48 Å². The molecule has 150 valence electrons. The summed E-state index contributed by atoms with van der Waals surface area (Å²) in [5.41, 5.74) is 2.79. The largest absolute Gasteiger partial charge is 0.488 e. The molecule has 2 amide bonds. The Balaban J connectivity index is 2.09. The Hall–Kier alpha value is -2.90. The maximum atomic E-state index is 12.7. The molecule has 1 atom stereocenters. The first kappa shape index (κ1) is 21.4. The normalized spacial score (nSPS) is 12.2. The van der Waals surface area contributed by atoms with E-state index >= 15 is 0 Å². The molecule has 0 unspecified atom stereocenters. The lowest BCUT2D eigenvalue weighted by Gasteiger charge is -2.30. The zero-order valence-corrected chi connectivity index (χ0v) is 16.2. The van der Waals surface area contributed by atoms with Crippen LogP contribution < -0.4 is 15.5 Å². The standard InChI is InChI=1S/C21H26N2O5/c1-21(2,3)18(12-24)22-20(26)16-6-4-5-7-17(16)28-13-14-8-10-15(11-9-14)19(25)23-27/h4-11,18,24,27H,12-13H2,1-3H3,(H,22,26)(H,23,25)/t18-/m1/s1. The monoisotopic (exact) mass is 386 g/mol. The lowest BCUT2D eigenvalue weighted by atomic mass is 9.87. The van der Waals surface area contributed by atoms with E-state index in [-0.39, 0.29) is 24.5 Å². The molecule has 0 bridgehead atoms. The number of aliphatic hydroxyl groups is 1. The van der Waals surface area contributed by atoms with Crippen LogP contribution in [-0.4, -0.2) is 34.8 Å². The van der Waals surface area contributed by atoms with Crippen molar-refractivity contribution in [2.45, 2.75) is 33.4 Å². The fourth-order valence-electron chi connectivity index (χ4n) is 2.53. The second-order valence-corrected chi connectivity index (χ2v) is 7.50. The zero-order valence-electron chi connectivity index (χ0n) is 16.2. The molecule has 28 heavy (non-hydrogen) atoms. The molecular weight excluding hydrogens is 360 g/mol. The van der Waals surface area contributed by atoms with Crippen LogP contribution in [-0.2, 0) is 6.61 Å². The number of carbonyl (C=O) groups excluding carboxylic acids is 2. The Kier molecular flexibility index (Phi) is 7.14. The summed E-state index contributed by atoms with van der Waals surface area (Å²) in [6.07, 6.45) is 0. The molecule has 0 heterocycles. The second-order valence-electron chi connectivity index (χ2n) is 7.50. The molecule has 7 nitrogen and oxygen atoms in total. The van der Waals surface area contributed by atoms with Crippen molar-refractivity contribution in [2.75, 3.05) is 6.61 Å². The Bertz CT molecular complexity index is 812. The van der Waals surface area contributed by atoms with Gasteiger partial charge in [0.2, 0.25) is 0 Å². The number of hydrogen-bond donors (Lipinski definition) is 4. The quantitative estimate of drug-likeness (QED) is 0.432. The highest BCUT2D eigenvalue weighted by Crippen LogP contribution is 2.23. The summed E-state index contributed by atoms with van der Waals surface area (Å²) in [7, 11) is 0. The van der Waals surface area contributed by atoms with Crippen LogP contribution in [0.5, 0.6) is 5.75 Å². The van der Waals surface area contributed by atoms with E-state index in [0.717, 1.165) is 5.56 Å². The van der Waals surface area contributed by atoms with E-state index in [2.05, 4.69) is 5.32 Å². The molecule has 0 saturated heterocycles. The van der Waals surface area contributed by atoms with E-state index < -0.39 is 11.9 Å². The number of rotatable bonds is 7. The number of aliphatic hydroxyl groups excluding tert-OH is 1. The molecule has 0 fully saturated rings. The lowest BCUT2D eigenvalue weighted by molar-refractivity contribution is 0.0706. The molecule has 0 aliphatic carbocycles. The number of para-hydroxylation sites is 1. The van der Waals surface area contributed by atoms with Crippen LogP contribution in [0.4, 0.5) is 0 Å². The van der Waals surface area contributed by atoms with Gasteiger partial charge in [0.05, 0.1) is 18.2 Å². The van der Waals surface area contributed by atoms with Gasteiger partial charge in [0.25, 0.3) is 11.8 Å². The van der Waals surface area contributed by atoms with Gasteiger partial charge in [-0.1, -0.05) is 45.0 Å². The average molecular weight is 386 g/mol. The van der Waals surface area contributed by atoms with E-state index in [1.807, 2.05) is 20.8 Å². The summed E-state index contributed by atoms with van der Waals surface area (Å²) in [6, 6.07) is 13.0. The molecule has 2 aromatic carbocycles. The number of benzene rings is 2. The Morgan fingerprint density at radius 1 is 1.04 bits per heavy atom. The van der Waals surface area contributed by atoms with Gasteiger partial charge in [-0.05, 0) is 35.2 Å². The number of hydrogen-bond acceptors (Lipinski definition) is 5. The van der Waals surface area contributed by atoms with Crippen molar-refractivity contribution < 1.29 is 24.6 Å². The first-order valence-corrected chi connectivity index (χ1v) is 8.93. The Labute approximate surface area is 164 Å². The van der Waals surface area contributed by atoms with E-state index in [4.69, 9.17) is 9.94 Å². The highest BCUT2D eigenvalue weighted by molar-refractivity contribution is 5.97. The lowest BCUT2D eigenvalue weighted by Crippen LogP contribution is -2.46.